The Morgan fingerprint density at radius 2 is 1.93 bits per heavy atom. The summed E-state index contributed by atoms with van der Waals surface area (Å²) in [6, 6.07) is 17.5. The summed E-state index contributed by atoms with van der Waals surface area (Å²) in [5.74, 6) is 0. The van der Waals surface area contributed by atoms with Crippen LogP contribution in [0.25, 0.3) is 11.3 Å². The molecule has 0 aliphatic heterocycles. The number of urea groups is 1. The fourth-order valence-corrected chi connectivity index (χ4v) is 4.43. The van der Waals surface area contributed by atoms with E-state index in [1.165, 1.54) is 16.0 Å². The SMILES string of the molecule is C=CCn1c2c(s/c1=N\C(=O)NNc1ccccc1)CCc1ccccc1-2. The van der Waals surface area contributed by atoms with Crippen molar-refractivity contribution in [3.8, 4) is 11.3 Å². The Hall–Kier alpha value is -3.12. The average molecular weight is 376 g/mol. The highest BCUT2D eigenvalue weighted by molar-refractivity contribution is 7.09. The first-order valence-corrected chi connectivity index (χ1v) is 9.65. The van der Waals surface area contributed by atoms with Gasteiger partial charge in [-0.25, -0.2) is 10.2 Å². The molecule has 2 N–H and O–H groups in total. The van der Waals surface area contributed by atoms with Gasteiger partial charge in [0.2, 0.25) is 0 Å². The molecule has 1 aromatic heterocycles. The lowest BCUT2D eigenvalue weighted by molar-refractivity contribution is 0.250. The summed E-state index contributed by atoms with van der Waals surface area (Å²) in [6.07, 6.45) is 3.82. The largest absolute Gasteiger partial charge is 0.362 e. The van der Waals surface area contributed by atoms with E-state index in [1.807, 2.05) is 36.4 Å². The van der Waals surface area contributed by atoms with E-state index in [4.69, 9.17) is 0 Å². The van der Waals surface area contributed by atoms with Crippen LogP contribution in [0.1, 0.15) is 10.4 Å². The number of fused-ring (bicyclic) bond motifs is 3. The lowest BCUT2D eigenvalue weighted by atomic mass is 9.93. The molecule has 0 spiro atoms. The molecule has 3 aromatic rings. The summed E-state index contributed by atoms with van der Waals surface area (Å²) in [4.78, 5) is 18.6. The number of hydrazine groups is 1. The second kappa shape index (κ2) is 7.63. The number of nitrogens with one attached hydrogen (secondary N) is 2. The standard InChI is InChI=1S/C21H20N4OS/c1-2-14-25-19-17-11-7-6-8-15(17)12-13-18(19)27-21(25)22-20(26)24-23-16-9-4-3-5-10-16/h2-11,23H,1,12-14H2,(H,24,26)/b22-21-. The van der Waals surface area contributed by atoms with Crippen LogP contribution in [-0.2, 0) is 19.4 Å². The van der Waals surface area contributed by atoms with Crippen molar-refractivity contribution in [2.75, 3.05) is 5.43 Å². The average Bonchev–Trinajstić information content (AvgIpc) is 3.05. The van der Waals surface area contributed by atoms with Crippen molar-refractivity contribution >= 4 is 23.1 Å². The van der Waals surface area contributed by atoms with Crippen LogP contribution in [-0.4, -0.2) is 10.6 Å². The molecule has 2 aromatic carbocycles. The summed E-state index contributed by atoms with van der Waals surface area (Å²) in [5.41, 5.74) is 10.0. The number of carbonyl (C=O) groups is 1. The van der Waals surface area contributed by atoms with Gasteiger partial charge in [0.25, 0.3) is 0 Å². The lowest BCUT2D eigenvalue weighted by Gasteiger charge is -2.18. The maximum absolute atomic E-state index is 12.3. The van der Waals surface area contributed by atoms with Crippen molar-refractivity contribution < 1.29 is 4.79 Å². The first-order chi connectivity index (χ1) is 13.3. The molecule has 1 aliphatic rings. The van der Waals surface area contributed by atoms with Crippen molar-refractivity contribution in [3.63, 3.8) is 0 Å². The summed E-state index contributed by atoms with van der Waals surface area (Å²) in [5, 5.41) is 0. The molecule has 0 unspecified atom stereocenters. The minimum Gasteiger partial charge on any atom is -0.312 e. The first kappa shape index (κ1) is 17.3. The summed E-state index contributed by atoms with van der Waals surface area (Å²) >= 11 is 1.58. The summed E-state index contributed by atoms with van der Waals surface area (Å²) in [7, 11) is 0. The van der Waals surface area contributed by atoms with Crippen LogP contribution in [0.3, 0.4) is 0 Å². The van der Waals surface area contributed by atoms with E-state index in [-0.39, 0.29) is 0 Å². The van der Waals surface area contributed by atoms with Gasteiger partial charge in [0.15, 0.2) is 4.80 Å². The summed E-state index contributed by atoms with van der Waals surface area (Å²) < 4.78 is 2.08. The number of carbonyl (C=O) groups excluding carboxylic acids is 1. The van der Waals surface area contributed by atoms with Crippen LogP contribution in [0.15, 0.2) is 72.2 Å². The number of anilines is 1. The number of hydrogen-bond acceptors (Lipinski definition) is 3. The van der Waals surface area contributed by atoms with E-state index in [9.17, 15) is 4.79 Å². The van der Waals surface area contributed by atoms with Crippen LogP contribution < -0.4 is 15.7 Å². The number of thiazole rings is 1. The number of aryl methyl sites for hydroxylation is 2. The molecule has 4 rings (SSSR count). The normalized spacial score (nSPS) is 12.8. The molecule has 0 radical (unpaired) electrons. The van der Waals surface area contributed by atoms with Crippen LogP contribution >= 0.6 is 11.3 Å². The number of hydrogen-bond donors (Lipinski definition) is 2. The molecule has 1 heterocycles. The van der Waals surface area contributed by atoms with E-state index in [1.54, 1.807) is 11.3 Å². The van der Waals surface area contributed by atoms with Crippen LogP contribution in [0.4, 0.5) is 10.5 Å². The Balaban J connectivity index is 1.67. The van der Waals surface area contributed by atoms with Crippen LogP contribution in [0.2, 0.25) is 0 Å². The molecule has 2 amide bonds. The number of nitrogens with zero attached hydrogens (tertiary/aromatic N) is 2. The predicted molar refractivity (Wildman–Crippen MR) is 110 cm³/mol. The van der Waals surface area contributed by atoms with Gasteiger partial charge in [0, 0.05) is 17.0 Å². The van der Waals surface area contributed by atoms with Gasteiger partial charge in [-0.15, -0.1) is 17.9 Å². The Kier molecular flexibility index (Phi) is 4.89. The number of amides is 2. The van der Waals surface area contributed by atoms with Gasteiger partial charge < -0.3 is 4.57 Å². The zero-order chi connectivity index (χ0) is 18.6. The molecular formula is C21H20N4OS. The molecule has 0 bridgehead atoms. The van der Waals surface area contributed by atoms with Gasteiger partial charge >= 0.3 is 6.03 Å². The maximum Gasteiger partial charge on any atom is 0.362 e. The van der Waals surface area contributed by atoms with E-state index >= 15 is 0 Å². The third-order valence-corrected chi connectivity index (χ3v) is 5.61. The van der Waals surface area contributed by atoms with Crippen molar-refractivity contribution in [2.45, 2.75) is 19.4 Å². The number of rotatable bonds is 4. The highest BCUT2D eigenvalue weighted by Gasteiger charge is 2.22. The molecule has 0 fully saturated rings. The smallest absolute Gasteiger partial charge is 0.312 e. The van der Waals surface area contributed by atoms with Crippen molar-refractivity contribution in [1.29, 1.82) is 0 Å². The van der Waals surface area contributed by atoms with Gasteiger partial charge in [-0.05, 0) is 30.5 Å². The third-order valence-electron chi connectivity index (χ3n) is 4.47. The molecule has 6 heteroatoms. The number of allylic oxidation sites excluding steroid dienone is 1. The van der Waals surface area contributed by atoms with Gasteiger partial charge in [-0.3, -0.25) is 5.43 Å². The molecule has 5 nitrogen and oxygen atoms in total. The maximum atomic E-state index is 12.3. The van der Waals surface area contributed by atoms with Crippen LogP contribution in [0.5, 0.6) is 0 Å². The highest BCUT2D eigenvalue weighted by atomic mass is 32.1. The summed E-state index contributed by atoms with van der Waals surface area (Å²) in [6.45, 7) is 4.48. The number of aromatic nitrogens is 1. The molecule has 27 heavy (non-hydrogen) atoms. The fourth-order valence-electron chi connectivity index (χ4n) is 3.29. The minimum atomic E-state index is -0.427. The zero-order valence-corrected chi connectivity index (χ0v) is 15.6. The Labute approximate surface area is 161 Å². The van der Waals surface area contributed by atoms with Crippen molar-refractivity contribution in [1.82, 2.24) is 9.99 Å². The first-order valence-electron chi connectivity index (χ1n) is 8.83. The van der Waals surface area contributed by atoms with Crippen molar-refractivity contribution in [3.05, 3.63) is 82.5 Å². The molecular weight excluding hydrogens is 356 g/mol. The second-order valence-electron chi connectivity index (χ2n) is 6.25. The van der Waals surface area contributed by atoms with Gasteiger partial charge in [-0.1, -0.05) is 48.5 Å². The van der Waals surface area contributed by atoms with E-state index < -0.39 is 6.03 Å². The molecule has 0 saturated carbocycles. The van der Waals surface area contributed by atoms with Gasteiger partial charge in [0.05, 0.1) is 11.4 Å². The quantitative estimate of drug-likeness (QED) is 0.531. The molecule has 0 saturated heterocycles. The molecule has 0 atom stereocenters. The number of benzene rings is 2. The molecule has 1 aliphatic carbocycles. The Morgan fingerprint density at radius 1 is 1.15 bits per heavy atom. The topological polar surface area (TPSA) is 58.4 Å². The van der Waals surface area contributed by atoms with Gasteiger partial charge in [-0.2, -0.15) is 4.99 Å². The monoisotopic (exact) mass is 376 g/mol. The van der Waals surface area contributed by atoms with Gasteiger partial charge in [0.1, 0.15) is 0 Å². The van der Waals surface area contributed by atoms with E-state index in [0.717, 1.165) is 24.2 Å². The zero-order valence-electron chi connectivity index (χ0n) is 14.8. The van der Waals surface area contributed by atoms with Crippen molar-refractivity contribution in [2.24, 2.45) is 4.99 Å². The lowest BCUT2D eigenvalue weighted by Crippen LogP contribution is -2.29. The third kappa shape index (κ3) is 3.57. The Morgan fingerprint density at radius 3 is 2.74 bits per heavy atom. The van der Waals surface area contributed by atoms with E-state index in [2.05, 4.69) is 51.3 Å². The molecule has 136 valence electrons. The second-order valence-corrected chi connectivity index (χ2v) is 7.31. The minimum absolute atomic E-state index is 0.427. The highest BCUT2D eigenvalue weighted by Crippen LogP contribution is 2.34. The van der Waals surface area contributed by atoms with E-state index in [0.29, 0.717) is 11.3 Å². The predicted octanol–water partition coefficient (Wildman–Crippen LogP) is 4.14. The fraction of sp³-hybridized carbons (Fsp3) is 0.143. The Bertz CT molecular complexity index is 1050. The number of para-hydroxylation sites is 1. The van der Waals surface area contributed by atoms with Crippen LogP contribution in [0, 0.1) is 0 Å².